The zero-order chi connectivity index (χ0) is 5.70. The minimum absolute atomic E-state index is 0.0108. The molecule has 0 atom stereocenters. The molecule has 0 fully saturated rings. The fraction of sp³-hybridized carbons (Fsp3) is 0.750. The maximum atomic E-state index is 10.2. The van der Waals surface area contributed by atoms with E-state index in [4.69, 9.17) is 23.2 Å². The van der Waals surface area contributed by atoms with Crippen molar-refractivity contribution in [3.63, 3.8) is 0 Å². The minimum atomic E-state index is 0.0108. The summed E-state index contributed by atoms with van der Waals surface area (Å²) in [5.74, 6) is 0.481. The van der Waals surface area contributed by atoms with Crippen molar-refractivity contribution in [2.75, 3.05) is 11.8 Å². The van der Waals surface area contributed by atoms with Crippen molar-refractivity contribution in [1.82, 2.24) is 0 Å². The summed E-state index contributed by atoms with van der Waals surface area (Å²) in [7, 11) is 0. The molecule has 0 unspecified atom stereocenters. The van der Waals surface area contributed by atoms with Gasteiger partial charge in [0.1, 0.15) is 5.78 Å². The summed E-state index contributed by atoms with van der Waals surface area (Å²) in [4.78, 5) is 10.2. The smallest absolute Gasteiger partial charge is 0.148 e. The summed E-state index contributed by atoms with van der Waals surface area (Å²) >= 11 is 10.3. The molecule has 0 saturated carbocycles. The zero-order valence-electron chi connectivity index (χ0n) is 3.79. The molecule has 42 valence electrons. The van der Waals surface area contributed by atoms with Crippen LogP contribution in [0.25, 0.3) is 0 Å². The first-order valence-corrected chi connectivity index (χ1v) is 3.01. The molecule has 0 aliphatic heterocycles. The molecule has 0 heterocycles. The maximum Gasteiger partial charge on any atom is 0.148 e. The lowest BCUT2D eigenvalue weighted by Crippen LogP contribution is -1.98. The van der Waals surface area contributed by atoms with Gasteiger partial charge in [0.05, 0.1) is 5.88 Å². The van der Waals surface area contributed by atoms with Gasteiger partial charge in [0, 0.05) is 12.3 Å². The van der Waals surface area contributed by atoms with Crippen molar-refractivity contribution < 1.29 is 4.79 Å². The van der Waals surface area contributed by atoms with E-state index in [1.165, 1.54) is 0 Å². The van der Waals surface area contributed by atoms with Gasteiger partial charge in [-0.1, -0.05) is 0 Å². The second-order valence-electron chi connectivity index (χ2n) is 1.11. The molecular formula is C4H6Cl2O. The van der Waals surface area contributed by atoms with E-state index < -0.39 is 0 Å². The van der Waals surface area contributed by atoms with Gasteiger partial charge in [-0.2, -0.15) is 0 Å². The predicted molar refractivity (Wildman–Crippen MR) is 31.1 cm³/mol. The first kappa shape index (κ1) is 7.25. The molecule has 1 nitrogen and oxygen atoms in total. The number of halogens is 2. The van der Waals surface area contributed by atoms with Crippen LogP contribution in [-0.2, 0) is 4.79 Å². The molecule has 3 heteroatoms. The molecule has 0 amide bonds. The Bertz CT molecular complexity index is 62.7. The van der Waals surface area contributed by atoms with Gasteiger partial charge < -0.3 is 0 Å². The van der Waals surface area contributed by atoms with E-state index in [9.17, 15) is 4.79 Å². The van der Waals surface area contributed by atoms with Crippen LogP contribution in [0.4, 0.5) is 0 Å². The molecule has 0 aromatic heterocycles. The van der Waals surface area contributed by atoms with E-state index in [-0.39, 0.29) is 11.7 Å². The number of Topliss-reactive ketones (excluding diaryl/α,β-unsaturated/α-hetero) is 1. The van der Waals surface area contributed by atoms with Crippen molar-refractivity contribution in [1.29, 1.82) is 0 Å². The topological polar surface area (TPSA) is 17.1 Å². The van der Waals surface area contributed by atoms with Gasteiger partial charge in [-0.25, -0.2) is 0 Å². The van der Waals surface area contributed by atoms with Gasteiger partial charge in [0.2, 0.25) is 0 Å². The molecular weight excluding hydrogens is 135 g/mol. The monoisotopic (exact) mass is 140 g/mol. The highest BCUT2D eigenvalue weighted by atomic mass is 35.5. The van der Waals surface area contributed by atoms with Crippen LogP contribution in [0.2, 0.25) is 0 Å². The Morgan fingerprint density at radius 1 is 1.43 bits per heavy atom. The van der Waals surface area contributed by atoms with E-state index in [0.717, 1.165) is 0 Å². The molecule has 0 bridgehead atoms. The first-order chi connectivity index (χ1) is 3.31. The second kappa shape index (κ2) is 4.41. The Balaban J connectivity index is 3.00. The summed E-state index contributed by atoms with van der Waals surface area (Å²) in [5, 5.41) is 0. The summed E-state index contributed by atoms with van der Waals surface area (Å²) in [5.41, 5.74) is 0. The third kappa shape index (κ3) is 4.10. The lowest BCUT2D eigenvalue weighted by atomic mass is 10.3. The molecule has 0 saturated heterocycles. The van der Waals surface area contributed by atoms with Gasteiger partial charge >= 0.3 is 0 Å². The Labute approximate surface area is 52.6 Å². The second-order valence-corrected chi connectivity index (χ2v) is 1.76. The Hall–Kier alpha value is 0.250. The number of alkyl halides is 2. The number of carbonyl (C=O) groups is 1. The van der Waals surface area contributed by atoms with Crippen LogP contribution in [0.1, 0.15) is 6.42 Å². The van der Waals surface area contributed by atoms with Gasteiger partial charge in [0.15, 0.2) is 0 Å². The number of carbonyl (C=O) groups excluding carboxylic acids is 1. The summed E-state index contributed by atoms with van der Waals surface area (Å²) in [6.45, 7) is 0. The van der Waals surface area contributed by atoms with Gasteiger partial charge in [-0.3, -0.25) is 4.79 Å². The van der Waals surface area contributed by atoms with Crippen molar-refractivity contribution >= 4 is 29.0 Å². The summed E-state index contributed by atoms with van der Waals surface area (Å²) in [6.07, 6.45) is 0.394. The van der Waals surface area contributed by atoms with Crippen molar-refractivity contribution in [3.8, 4) is 0 Å². The van der Waals surface area contributed by atoms with Crippen LogP contribution >= 0.6 is 23.2 Å². The fourth-order valence-electron chi connectivity index (χ4n) is 0.172. The molecule has 0 rings (SSSR count). The molecule has 7 heavy (non-hydrogen) atoms. The van der Waals surface area contributed by atoms with Crippen molar-refractivity contribution in [2.45, 2.75) is 6.42 Å². The van der Waals surface area contributed by atoms with E-state index in [1.54, 1.807) is 0 Å². The van der Waals surface area contributed by atoms with Crippen LogP contribution in [0.5, 0.6) is 0 Å². The average molecular weight is 141 g/mol. The average Bonchev–Trinajstić information content (AvgIpc) is 1.68. The van der Waals surface area contributed by atoms with E-state index in [0.29, 0.717) is 12.3 Å². The Morgan fingerprint density at radius 3 is 2.14 bits per heavy atom. The van der Waals surface area contributed by atoms with E-state index >= 15 is 0 Å². The highest BCUT2D eigenvalue weighted by molar-refractivity contribution is 6.28. The quantitative estimate of drug-likeness (QED) is 0.543. The van der Waals surface area contributed by atoms with Crippen molar-refractivity contribution in [3.05, 3.63) is 0 Å². The molecule has 0 aromatic carbocycles. The standard InChI is InChI=1S/C4H6Cl2O/c5-2-1-4(7)3-6/h1-3H2. The molecule has 0 aliphatic carbocycles. The maximum absolute atomic E-state index is 10.2. The first-order valence-electron chi connectivity index (χ1n) is 1.95. The lowest BCUT2D eigenvalue weighted by molar-refractivity contribution is -0.116. The van der Waals surface area contributed by atoms with E-state index in [1.807, 2.05) is 0 Å². The number of hydrogen-bond donors (Lipinski definition) is 0. The number of hydrogen-bond acceptors (Lipinski definition) is 1. The van der Waals surface area contributed by atoms with Gasteiger partial charge in [-0.05, 0) is 0 Å². The SMILES string of the molecule is O=C(CCl)CCCl. The van der Waals surface area contributed by atoms with Crippen LogP contribution in [0.3, 0.4) is 0 Å². The number of rotatable bonds is 3. The third-order valence-electron chi connectivity index (χ3n) is 0.522. The molecule has 0 aliphatic rings. The normalized spacial score (nSPS) is 8.86. The highest BCUT2D eigenvalue weighted by Gasteiger charge is 1.94. The largest absolute Gasteiger partial charge is 0.298 e. The van der Waals surface area contributed by atoms with Crippen LogP contribution in [0, 0.1) is 0 Å². The lowest BCUT2D eigenvalue weighted by Gasteiger charge is -1.84. The Morgan fingerprint density at radius 2 is 2.00 bits per heavy atom. The van der Waals surface area contributed by atoms with Gasteiger partial charge in [-0.15, -0.1) is 23.2 Å². The minimum Gasteiger partial charge on any atom is -0.298 e. The molecule has 0 aromatic rings. The van der Waals surface area contributed by atoms with E-state index in [2.05, 4.69) is 0 Å². The van der Waals surface area contributed by atoms with Crippen LogP contribution in [-0.4, -0.2) is 17.5 Å². The van der Waals surface area contributed by atoms with Crippen LogP contribution in [0.15, 0.2) is 0 Å². The highest BCUT2D eigenvalue weighted by Crippen LogP contribution is 1.88. The fourth-order valence-corrected chi connectivity index (χ4v) is 0.517. The number of ketones is 1. The Kier molecular flexibility index (Phi) is 4.57. The summed E-state index contributed by atoms with van der Waals surface area (Å²) in [6, 6.07) is 0. The van der Waals surface area contributed by atoms with Crippen LogP contribution < -0.4 is 0 Å². The third-order valence-corrected chi connectivity index (χ3v) is 1.01. The zero-order valence-corrected chi connectivity index (χ0v) is 5.30. The predicted octanol–water partition coefficient (Wildman–Crippen LogP) is 1.42. The van der Waals surface area contributed by atoms with Gasteiger partial charge in [0.25, 0.3) is 0 Å². The molecule has 0 radical (unpaired) electrons. The summed E-state index contributed by atoms with van der Waals surface area (Å²) < 4.78 is 0. The molecule has 0 spiro atoms. The molecule has 0 N–H and O–H groups in total. The van der Waals surface area contributed by atoms with Crippen molar-refractivity contribution in [2.24, 2.45) is 0 Å².